The molecule has 0 aliphatic heterocycles. The number of nitro benzene ring substituents is 1. The van der Waals surface area contributed by atoms with Crippen LogP contribution in [0.3, 0.4) is 0 Å². The van der Waals surface area contributed by atoms with Crippen LogP contribution < -0.4 is 4.74 Å². The number of nitrogens with zero attached hydrogens (tertiary/aromatic N) is 1. The van der Waals surface area contributed by atoms with Crippen molar-refractivity contribution in [3.8, 4) is 5.75 Å². The van der Waals surface area contributed by atoms with Gasteiger partial charge in [-0.15, -0.1) is 0 Å². The maximum atomic E-state index is 10.6. The number of non-ortho nitro benzene ring substituents is 1. The molecule has 104 valence electrons. The second-order valence-corrected chi connectivity index (χ2v) is 5.49. The van der Waals surface area contributed by atoms with E-state index in [1.807, 2.05) is 25.1 Å². The molecule has 0 aliphatic rings. The zero-order valence-corrected chi connectivity index (χ0v) is 12.9. The van der Waals surface area contributed by atoms with Crippen molar-refractivity contribution in [1.82, 2.24) is 0 Å². The van der Waals surface area contributed by atoms with Crippen molar-refractivity contribution in [3.63, 3.8) is 0 Å². The third kappa shape index (κ3) is 3.49. The van der Waals surface area contributed by atoms with Gasteiger partial charge < -0.3 is 4.74 Å². The van der Waals surface area contributed by atoms with Crippen LogP contribution in [0, 0.1) is 17.0 Å². The summed E-state index contributed by atoms with van der Waals surface area (Å²) < 4.78 is 6.65. The summed E-state index contributed by atoms with van der Waals surface area (Å²) in [5, 5.41) is 11.0. The average molecular weight is 357 g/mol. The highest BCUT2D eigenvalue weighted by Gasteiger charge is 2.10. The van der Waals surface area contributed by atoms with Gasteiger partial charge in [0.25, 0.3) is 5.69 Å². The van der Waals surface area contributed by atoms with Crippen LogP contribution in [0.4, 0.5) is 5.69 Å². The van der Waals surface area contributed by atoms with E-state index in [-0.39, 0.29) is 12.3 Å². The molecule has 2 aromatic rings. The molecule has 0 saturated heterocycles. The van der Waals surface area contributed by atoms with Crippen LogP contribution in [-0.4, -0.2) is 4.92 Å². The summed E-state index contributed by atoms with van der Waals surface area (Å²) in [6.07, 6.45) is 0. The van der Waals surface area contributed by atoms with Gasteiger partial charge in [0.2, 0.25) is 0 Å². The lowest BCUT2D eigenvalue weighted by atomic mass is 10.2. The van der Waals surface area contributed by atoms with Gasteiger partial charge in [0.1, 0.15) is 12.4 Å². The fraction of sp³-hybridized carbons (Fsp3) is 0.143. The average Bonchev–Trinajstić information content (AvgIpc) is 2.41. The Labute approximate surface area is 129 Å². The Kier molecular flexibility index (Phi) is 4.62. The van der Waals surface area contributed by atoms with Crippen LogP contribution >= 0.6 is 27.5 Å². The number of benzene rings is 2. The van der Waals surface area contributed by atoms with Crippen LogP contribution in [0.5, 0.6) is 5.75 Å². The van der Waals surface area contributed by atoms with Crippen LogP contribution in [0.1, 0.15) is 11.1 Å². The van der Waals surface area contributed by atoms with Crippen LogP contribution in [0.15, 0.2) is 40.9 Å². The molecule has 0 radical (unpaired) electrons. The van der Waals surface area contributed by atoms with E-state index in [0.29, 0.717) is 10.6 Å². The van der Waals surface area contributed by atoms with Crippen molar-refractivity contribution >= 4 is 33.2 Å². The Morgan fingerprint density at radius 1 is 1.30 bits per heavy atom. The highest BCUT2D eigenvalue weighted by Crippen LogP contribution is 2.25. The number of ether oxygens (including phenoxy) is 1. The van der Waals surface area contributed by atoms with Gasteiger partial charge in [-0.25, -0.2) is 0 Å². The number of rotatable bonds is 4. The smallest absolute Gasteiger partial charge is 0.270 e. The fourth-order valence-corrected chi connectivity index (χ4v) is 2.11. The summed E-state index contributed by atoms with van der Waals surface area (Å²) in [5.41, 5.74) is 1.74. The van der Waals surface area contributed by atoms with Crippen LogP contribution in [0.25, 0.3) is 0 Å². The summed E-state index contributed by atoms with van der Waals surface area (Å²) in [6, 6.07) is 10.00. The van der Waals surface area contributed by atoms with Gasteiger partial charge in [-0.05, 0) is 36.8 Å². The molecule has 2 aromatic carbocycles. The number of hydrogen-bond donors (Lipinski definition) is 0. The minimum atomic E-state index is -0.478. The summed E-state index contributed by atoms with van der Waals surface area (Å²) in [6.45, 7) is 2.23. The molecule has 0 N–H and O–H groups in total. The van der Waals surface area contributed by atoms with Crippen molar-refractivity contribution in [1.29, 1.82) is 0 Å². The first kappa shape index (κ1) is 14.8. The molecule has 0 aromatic heterocycles. The molecular formula is C14H11BrClNO3. The number of aryl methyl sites for hydroxylation is 1. The standard InChI is InChI=1S/C14H11BrClNO3/c1-9-6-12(4-5-13(9)15)20-8-10-2-3-11(17(18)19)7-14(10)16/h2-7H,8H2,1H3. The lowest BCUT2D eigenvalue weighted by Crippen LogP contribution is -1.97. The minimum Gasteiger partial charge on any atom is -0.489 e. The Morgan fingerprint density at radius 3 is 2.65 bits per heavy atom. The quantitative estimate of drug-likeness (QED) is 0.578. The van der Waals surface area contributed by atoms with E-state index in [1.54, 1.807) is 6.07 Å². The molecule has 20 heavy (non-hydrogen) atoms. The number of nitro groups is 1. The number of hydrogen-bond acceptors (Lipinski definition) is 3. The highest BCUT2D eigenvalue weighted by atomic mass is 79.9. The zero-order valence-electron chi connectivity index (χ0n) is 10.6. The number of halogens is 2. The largest absolute Gasteiger partial charge is 0.489 e. The normalized spacial score (nSPS) is 10.3. The first-order valence-electron chi connectivity index (χ1n) is 5.79. The molecule has 0 atom stereocenters. The van der Waals surface area contributed by atoms with Crippen molar-refractivity contribution in [2.45, 2.75) is 13.5 Å². The Bertz CT molecular complexity index is 661. The summed E-state index contributed by atoms with van der Waals surface area (Å²) in [4.78, 5) is 10.1. The maximum Gasteiger partial charge on any atom is 0.270 e. The third-order valence-electron chi connectivity index (χ3n) is 2.77. The molecule has 6 heteroatoms. The zero-order chi connectivity index (χ0) is 14.7. The molecule has 0 fully saturated rings. The lowest BCUT2D eigenvalue weighted by Gasteiger charge is -2.09. The molecule has 0 amide bonds. The van der Waals surface area contributed by atoms with Crippen LogP contribution in [-0.2, 0) is 6.61 Å². The Hall–Kier alpha value is -1.59. The highest BCUT2D eigenvalue weighted by molar-refractivity contribution is 9.10. The van der Waals surface area contributed by atoms with E-state index in [2.05, 4.69) is 15.9 Å². The van der Waals surface area contributed by atoms with Gasteiger partial charge >= 0.3 is 0 Å². The summed E-state index contributed by atoms with van der Waals surface area (Å²) in [5.74, 6) is 0.722. The van der Waals surface area contributed by atoms with E-state index < -0.39 is 4.92 Å². The summed E-state index contributed by atoms with van der Waals surface area (Å²) in [7, 11) is 0. The second kappa shape index (κ2) is 6.24. The fourth-order valence-electron chi connectivity index (χ4n) is 1.63. The minimum absolute atomic E-state index is 0.0294. The molecule has 0 saturated carbocycles. The maximum absolute atomic E-state index is 10.6. The molecular weight excluding hydrogens is 346 g/mol. The Balaban J connectivity index is 2.10. The van der Waals surface area contributed by atoms with Crippen molar-refractivity contribution < 1.29 is 9.66 Å². The topological polar surface area (TPSA) is 52.4 Å². The van der Waals surface area contributed by atoms with E-state index in [1.165, 1.54) is 12.1 Å². The summed E-state index contributed by atoms with van der Waals surface area (Å²) >= 11 is 9.42. The second-order valence-electron chi connectivity index (χ2n) is 4.23. The van der Waals surface area contributed by atoms with E-state index in [4.69, 9.17) is 16.3 Å². The van der Waals surface area contributed by atoms with Gasteiger partial charge in [-0.2, -0.15) is 0 Å². The van der Waals surface area contributed by atoms with Gasteiger partial charge in [-0.3, -0.25) is 10.1 Å². The van der Waals surface area contributed by atoms with E-state index >= 15 is 0 Å². The molecule has 0 aliphatic carbocycles. The van der Waals surface area contributed by atoms with Gasteiger partial charge in [0, 0.05) is 22.2 Å². The molecule has 0 spiro atoms. The third-order valence-corrected chi connectivity index (χ3v) is 4.01. The van der Waals surface area contributed by atoms with Crippen molar-refractivity contribution in [2.24, 2.45) is 0 Å². The first-order chi connectivity index (χ1) is 9.47. The Morgan fingerprint density at radius 2 is 2.05 bits per heavy atom. The molecule has 4 nitrogen and oxygen atoms in total. The predicted molar refractivity (Wildman–Crippen MR) is 81.3 cm³/mol. The molecule has 0 heterocycles. The molecule has 2 rings (SSSR count). The first-order valence-corrected chi connectivity index (χ1v) is 6.96. The van der Waals surface area contributed by atoms with Crippen molar-refractivity contribution in [3.05, 3.63) is 67.1 Å². The lowest BCUT2D eigenvalue weighted by molar-refractivity contribution is -0.384. The van der Waals surface area contributed by atoms with E-state index in [0.717, 1.165) is 15.8 Å². The van der Waals surface area contributed by atoms with Gasteiger partial charge in [0.15, 0.2) is 0 Å². The van der Waals surface area contributed by atoms with Gasteiger partial charge in [-0.1, -0.05) is 27.5 Å². The SMILES string of the molecule is Cc1cc(OCc2ccc([N+](=O)[O-])cc2Cl)ccc1Br. The molecule has 0 bridgehead atoms. The van der Waals surface area contributed by atoms with Crippen molar-refractivity contribution in [2.75, 3.05) is 0 Å². The van der Waals surface area contributed by atoms with Gasteiger partial charge in [0.05, 0.1) is 9.95 Å². The monoisotopic (exact) mass is 355 g/mol. The predicted octanol–water partition coefficient (Wildman–Crippen LogP) is 4.90. The molecule has 0 unspecified atom stereocenters. The van der Waals surface area contributed by atoms with E-state index in [9.17, 15) is 10.1 Å². The van der Waals surface area contributed by atoms with Crippen LogP contribution in [0.2, 0.25) is 5.02 Å².